The third-order valence-corrected chi connectivity index (χ3v) is 7.47. The summed E-state index contributed by atoms with van der Waals surface area (Å²) in [6.07, 6.45) is 2.60. The molecule has 0 aliphatic rings. The van der Waals surface area contributed by atoms with Crippen LogP contribution in [0, 0.1) is 0 Å². The standard InChI is InChI=1S/C32H31N3O5S/c1-32(2,3)28-19-24(35-15-14-29(36)33-31(35)37)18-27(30(28)40-4)26-9-7-6-8-25(26)22-11-10-21-17-23(34-41(5,38)39)13-12-20(21)16-22/h6-19,34H,1-5H3,(H,33,36,37). The summed E-state index contributed by atoms with van der Waals surface area (Å²) in [7, 11) is -1.74. The molecule has 0 radical (unpaired) electrons. The zero-order valence-corrected chi connectivity index (χ0v) is 24.3. The van der Waals surface area contributed by atoms with E-state index in [-0.39, 0.29) is 5.41 Å². The van der Waals surface area contributed by atoms with E-state index in [1.807, 2.05) is 54.6 Å². The summed E-state index contributed by atoms with van der Waals surface area (Å²) in [4.78, 5) is 26.8. The number of aromatic nitrogens is 2. The van der Waals surface area contributed by atoms with E-state index in [1.54, 1.807) is 19.2 Å². The number of anilines is 1. The van der Waals surface area contributed by atoms with E-state index < -0.39 is 21.3 Å². The van der Waals surface area contributed by atoms with Crippen LogP contribution in [0.4, 0.5) is 5.69 Å². The summed E-state index contributed by atoms with van der Waals surface area (Å²) in [5.74, 6) is 0.698. The first-order chi connectivity index (χ1) is 19.3. The van der Waals surface area contributed by atoms with Crippen molar-refractivity contribution in [2.24, 2.45) is 0 Å². The van der Waals surface area contributed by atoms with Crippen molar-refractivity contribution in [1.29, 1.82) is 0 Å². The SMILES string of the molecule is COc1c(-c2ccccc2-c2ccc3cc(NS(C)(=O)=O)ccc3c2)cc(-n2ccc(=O)[nH]c2=O)cc1C(C)(C)C. The van der Waals surface area contributed by atoms with Gasteiger partial charge in [-0.15, -0.1) is 0 Å². The molecule has 9 heteroatoms. The van der Waals surface area contributed by atoms with E-state index in [0.29, 0.717) is 17.1 Å². The van der Waals surface area contributed by atoms with Gasteiger partial charge in [0.05, 0.1) is 19.1 Å². The fourth-order valence-electron chi connectivity index (χ4n) is 5.01. The molecule has 0 unspecified atom stereocenters. The van der Waals surface area contributed by atoms with Gasteiger partial charge in [-0.1, -0.05) is 63.2 Å². The molecule has 0 bridgehead atoms. The van der Waals surface area contributed by atoms with Crippen molar-refractivity contribution in [1.82, 2.24) is 9.55 Å². The Morgan fingerprint density at radius 3 is 2.17 bits per heavy atom. The fourth-order valence-corrected chi connectivity index (χ4v) is 5.57. The second-order valence-corrected chi connectivity index (χ2v) is 12.7. The highest BCUT2D eigenvalue weighted by molar-refractivity contribution is 7.92. The van der Waals surface area contributed by atoms with Crippen LogP contribution in [0.3, 0.4) is 0 Å². The number of hydrogen-bond donors (Lipinski definition) is 2. The number of aromatic amines is 1. The molecule has 41 heavy (non-hydrogen) atoms. The highest BCUT2D eigenvalue weighted by atomic mass is 32.2. The number of benzene rings is 4. The average molecular weight is 570 g/mol. The number of sulfonamides is 1. The minimum atomic E-state index is -3.38. The molecule has 1 aromatic heterocycles. The van der Waals surface area contributed by atoms with Crippen molar-refractivity contribution in [2.45, 2.75) is 26.2 Å². The third kappa shape index (κ3) is 5.81. The van der Waals surface area contributed by atoms with Crippen molar-refractivity contribution in [3.8, 4) is 33.7 Å². The molecule has 0 aliphatic heterocycles. The monoisotopic (exact) mass is 569 g/mol. The van der Waals surface area contributed by atoms with Crippen LogP contribution in [0.2, 0.25) is 0 Å². The summed E-state index contributed by atoms with van der Waals surface area (Å²) >= 11 is 0. The van der Waals surface area contributed by atoms with E-state index >= 15 is 0 Å². The average Bonchev–Trinajstić information content (AvgIpc) is 2.90. The van der Waals surface area contributed by atoms with Crippen molar-refractivity contribution >= 4 is 26.5 Å². The zero-order valence-electron chi connectivity index (χ0n) is 23.5. The van der Waals surface area contributed by atoms with Gasteiger partial charge in [-0.2, -0.15) is 0 Å². The minimum absolute atomic E-state index is 0.322. The van der Waals surface area contributed by atoms with Gasteiger partial charge in [-0.25, -0.2) is 13.2 Å². The van der Waals surface area contributed by atoms with Gasteiger partial charge in [0.25, 0.3) is 5.56 Å². The molecule has 5 aromatic rings. The Labute approximate surface area is 238 Å². The predicted molar refractivity (Wildman–Crippen MR) is 165 cm³/mol. The number of nitrogens with zero attached hydrogens (tertiary/aromatic N) is 1. The summed E-state index contributed by atoms with van der Waals surface area (Å²) in [5, 5.41) is 1.85. The van der Waals surface area contributed by atoms with Gasteiger partial charge in [-0.05, 0) is 63.2 Å². The maximum atomic E-state index is 12.8. The number of fused-ring (bicyclic) bond motifs is 1. The van der Waals surface area contributed by atoms with Crippen molar-refractivity contribution in [3.05, 3.63) is 111 Å². The largest absolute Gasteiger partial charge is 0.496 e. The molecule has 2 N–H and O–H groups in total. The van der Waals surface area contributed by atoms with Crippen LogP contribution in [0.5, 0.6) is 5.75 Å². The molecule has 0 saturated heterocycles. The van der Waals surface area contributed by atoms with Crippen LogP contribution in [0.15, 0.2) is 94.6 Å². The van der Waals surface area contributed by atoms with Crippen LogP contribution in [-0.2, 0) is 15.4 Å². The van der Waals surface area contributed by atoms with Crippen LogP contribution in [-0.4, -0.2) is 31.3 Å². The van der Waals surface area contributed by atoms with Crippen molar-refractivity contribution < 1.29 is 13.2 Å². The maximum absolute atomic E-state index is 12.8. The van der Waals surface area contributed by atoms with E-state index in [0.717, 1.165) is 44.8 Å². The number of hydrogen-bond acceptors (Lipinski definition) is 5. The summed E-state index contributed by atoms with van der Waals surface area (Å²) in [6, 6.07) is 24.6. The van der Waals surface area contributed by atoms with Crippen molar-refractivity contribution in [2.75, 3.05) is 18.1 Å². The molecular weight excluding hydrogens is 538 g/mol. The molecule has 8 nitrogen and oxygen atoms in total. The first-order valence-electron chi connectivity index (χ1n) is 13.0. The second-order valence-electron chi connectivity index (χ2n) is 11.0. The van der Waals surface area contributed by atoms with E-state index in [9.17, 15) is 18.0 Å². The number of nitrogens with one attached hydrogen (secondary N) is 2. The van der Waals surface area contributed by atoms with Gasteiger partial charge >= 0.3 is 5.69 Å². The predicted octanol–water partition coefficient (Wildman–Crippen LogP) is 5.69. The summed E-state index contributed by atoms with van der Waals surface area (Å²) in [5.41, 5.74) is 4.33. The van der Waals surface area contributed by atoms with Gasteiger partial charge in [0.1, 0.15) is 5.75 Å². The molecule has 0 spiro atoms. The lowest BCUT2D eigenvalue weighted by atomic mass is 9.82. The number of methoxy groups -OCH3 is 1. The van der Waals surface area contributed by atoms with Gasteiger partial charge in [-0.3, -0.25) is 19.1 Å². The van der Waals surface area contributed by atoms with Gasteiger partial charge in [0.2, 0.25) is 10.0 Å². The zero-order chi connectivity index (χ0) is 29.5. The normalized spacial score (nSPS) is 11.9. The van der Waals surface area contributed by atoms with E-state index in [2.05, 4.69) is 36.5 Å². The smallest absolute Gasteiger partial charge is 0.332 e. The molecule has 0 atom stereocenters. The number of rotatable bonds is 6. The maximum Gasteiger partial charge on any atom is 0.332 e. The van der Waals surface area contributed by atoms with Crippen LogP contribution in [0.25, 0.3) is 38.7 Å². The van der Waals surface area contributed by atoms with Gasteiger partial charge in [0, 0.05) is 29.1 Å². The fraction of sp³-hybridized carbons (Fsp3) is 0.188. The Bertz CT molecular complexity index is 2020. The van der Waals surface area contributed by atoms with Gasteiger partial charge < -0.3 is 4.74 Å². The molecule has 0 saturated carbocycles. The van der Waals surface area contributed by atoms with Gasteiger partial charge in [0.15, 0.2) is 0 Å². The molecular formula is C32H31N3O5S. The van der Waals surface area contributed by atoms with Crippen molar-refractivity contribution in [3.63, 3.8) is 0 Å². The first kappa shape index (κ1) is 27.9. The van der Waals surface area contributed by atoms with E-state index in [1.165, 1.54) is 16.8 Å². The minimum Gasteiger partial charge on any atom is -0.496 e. The summed E-state index contributed by atoms with van der Waals surface area (Å²) in [6.45, 7) is 6.24. The van der Waals surface area contributed by atoms with E-state index in [4.69, 9.17) is 4.74 Å². The quantitative estimate of drug-likeness (QED) is 0.273. The summed E-state index contributed by atoms with van der Waals surface area (Å²) < 4.78 is 33.3. The number of H-pyrrole nitrogens is 1. The topological polar surface area (TPSA) is 110 Å². The van der Waals surface area contributed by atoms with Crippen LogP contribution >= 0.6 is 0 Å². The first-order valence-corrected chi connectivity index (χ1v) is 14.9. The molecule has 5 rings (SSSR count). The molecule has 4 aromatic carbocycles. The lowest BCUT2D eigenvalue weighted by molar-refractivity contribution is 0.399. The highest BCUT2D eigenvalue weighted by Crippen LogP contribution is 2.44. The second kappa shape index (κ2) is 10.4. The highest BCUT2D eigenvalue weighted by Gasteiger charge is 2.25. The Kier molecular flexibility index (Phi) is 7.08. The molecule has 0 amide bonds. The Morgan fingerprint density at radius 2 is 1.51 bits per heavy atom. The van der Waals surface area contributed by atoms with Crippen LogP contribution in [0.1, 0.15) is 26.3 Å². The van der Waals surface area contributed by atoms with Crippen LogP contribution < -0.4 is 20.7 Å². The molecule has 1 heterocycles. The Balaban J connectivity index is 1.72. The number of ether oxygens (including phenoxy) is 1. The Hall–Kier alpha value is -4.63. The lowest BCUT2D eigenvalue weighted by Gasteiger charge is -2.26. The third-order valence-electron chi connectivity index (χ3n) is 6.86. The lowest BCUT2D eigenvalue weighted by Crippen LogP contribution is -2.27. The molecule has 0 fully saturated rings. The molecule has 210 valence electrons. The Morgan fingerprint density at radius 1 is 0.829 bits per heavy atom. The molecule has 0 aliphatic carbocycles.